The molecule has 19 heteroatoms. The molecule has 0 heterocycles. The molecule has 0 aliphatic heterocycles. The summed E-state index contributed by atoms with van der Waals surface area (Å²) in [6, 6.07) is 0. The van der Waals surface area contributed by atoms with Crippen LogP contribution in [-0.4, -0.2) is 96.7 Å². The van der Waals surface area contributed by atoms with Crippen molar-refractivity contribution in [2.24, 2.45) is 23.7 Å². The molecule has 0 saturated carbocycles. The molecule has 0 rings (SSSR count). The minimum atomic E-state index is -4.96. The lowest BCUT2D eigenvalue weighted by Crippen LogP contribution is -2.30. The van der Waals surface area contributed by atoms with E-state index in [9.17, 15) is 43.2 Å². The second kappa shape index (κ2) is 68.2. The van der Waals surface area contributed by atoms with Crippen molar-refractivity contribution in [3.05, 3.63) is 0 Å². The average molecular weight is 1440 g/mol. The van der Waals surface area contributed by atoms with Crippen LogP contribution in [0.1, 0.15) is 402 Å². The van der Waals surface area contributed by atoms with Gasteiger partial charge in [-0.15, -0.1) is 0 Å². The van der Waals surface area contributed by atoms with E-state index >= 15 is 0 Å². The highest BCUT2D eigenvalue weighted by atomic mass is 31.2. The molecule has 3 N–H and O–H groups in total. The Morgan fingerprint density at radius 3 is 0.633 bits per heavy atom. The molecule has 98 heavy (non-hydrogen) atoms. The van der Waals surface area contributed by atoms with Crippen LogP contribution >= 0.6 is 15.6 Å². The number of hydrogen-bond donors (Lipinski definition) is 3. The molecule has 0 spiro atoms. The molecule has 0 bridgehead atoms. The lowest BCUT2D eigenvalue weighted by atomic mass is 10.0. The zero-order chi connectivity index (χ0) is 72.4. The first kappa shape index (κ1) is 96.1. The SMILES string of the molecule is CC(C)CCCCCCCCCCCCCCCCCCC(=O)O[C@H](COC(=O)CCCCCCCCCCCCCC(C)C)COP(=O)(O)OC[C@@H](O)COP(=O)(O)OC[C@@H](COC(=O)CCCCCCCCC(C)C)OC(=O)CCCCCCCCCCCCCCCC(C)C. The third-order valence-electron chi connectivity index (χ3n) is 18.3. The molecule has 5 atom stereocenters. The number of carbonyl (C=O) groups excluding carboxylic acids is 4. The van der Waals surface area contributed by atoms with E-state index in [0.717, 1.165) is 114 Å². The predicted octanol–water partition coefficient (Wildman–Crippen LogP) is 23.2. The minimum Gasteiger partial charge on any atom is -0.462 e. The molecule has 0 saturated heterocycles. The molecular formula is C79H154O17P2. The number of phosphoric acid groups is 2. The Morgan fingerprint density at radius 2 is 0.429 bits per heavy atom. The summed E-state index contributed by atoms with van der Waals surface area (Å²) < 4.78 is 68.6. The van der Waals surface area contributed by atoms with Gasteiger partial charge in [0.1, 0.15) is 19.3 Å². The van der Waals surface area contributed by atoms with Gasteiger partial charge < -0.3 is 33.8 Å². The van der Waals surface area contributed by atoms with Crippen molar-refractivity contribution < 1.29 is 80.2 Å². The molecule has 2 unspecified atom stereocenters. The highest BCUT2D eigenvalue weighted by molar-refractivity contribution is 7.47. The van der Waals surface area contributed by atoms with E-state index < -0.39 is 97.5 Å². The molecule has 0 amide bonds. The van der Waals surface area contributed by atoms with Crippen molar-refractivity contribution in [1.82, 2.24) is 0 Å². The lowest BCUT2D eigenvalue weighted by molar-refractivity contribution is -0.161. The molecule has 0 aliphatic rings. The van der Waals surface area contributed by atoms with E-state index in [0.29, 0.717) is 31.6 Å². The van der Waals surface area contributed by atoms with Crippen molar-refractivity contribution in [3.63, 3.8) is 0 Å². The van der Waals surface area contributed by atoms with Gasteiger partial charge in [-0.05, 0) is 49.4 Å². The van der Waals surface area contributed by atoms with Gasteiger partial charge in [-0.2, -0.15) is 0 Å². The standard InChI is InChI=1S/C79H154O17P2/c1-69(2)55-47-39-31-25-19-14-11-9-10-12-16-22-29-35-45-53-61-78(83)95-74(65-89-76(81)59-51-43-34-28-24-18-21-27-33-41-49-57-71(5)6)67-93-97(85,86)91-63-73(80)64-92-98(87,88)94-68-75(66-90-77(82)60-52-44-38-37-42-50-58-72(7)8)96-79(84)62-54-46-36-30-23-17-13-15-20-26-32-40-48-56-70(3)4/h69-75,80H,9-68H2,1-8H3,(H,85,86)(H,87,88)/t73-,74-,75-/m1/s1. The van der Waals surface area contributed by atoms with Crippen LogP contribution in [-0.2, 0) is 65.4 Å². The number of aliphatic hydroxyl groups excluding tert-OH is 1. The molecular weight excluding hydrogens is 1280 g/mol. The topological polar surface area (TPSA) is 237 Å². The molecule has 0 fully saturated rings. The van der Waals surface area contributed by atoms with Gasteiger partial charge in [-0.25, -0.2) is 9.13 Å². The third kappa shape index (κ3) is 72.4. The maximum absolute atomic E-state index is 13.1. The summed E-state index contributed by atoms with van der Waals surface area (Å²) in [6.07, 6.45) is 54.3. The van der Waals surface area contributed by atoms with Crippen LogP contribution in [0.15, 0.2) is 0 Å². The Labute approximate surface area is 600 Å². The van der Waals surface area contributed by atoms with Gasteiger partial charge in [0.15, 0.2) is 12.2 Å². The first-order valence-corrected chi connectivity index (χ1v) is 43.7. The van der Waals surface area contributed by atoms with Gasteiger partial charge in [-0.1, -0.05) is 351 Å². The highest BCUT2D eigenvalue weighted by Gasteiger charge is 2.30. The minimum absolute atomic E-state index is 0.106. The van der Waals surface area contributed by atoms with E-state index in [-0.39, 0.29) is 25.7 Å². The molecule has 17 nitrogen and oxygen atoms in total. The summed E-state index contributed by atoms with van der Waals surface area (Å²) in [5.74, 6) is 0.928. The number of aliphatic hydroxyl groups is 1. The van der Waals surface area contributed by atoms with Crippen molar-refractivity contribution in [2.75, 3.05) is 39.6 Å². The van der Waals surface area contributed by atoms with Gasteiger partial charge in [0, 0.05) is 25.7 Å². The number of carbonyl (C=O) groups is 4. The van der Waals surface area contributed by atoms with E-state index in [1.165, 1.54) is 199 Å². The van der Waals surface area contributed by atoms with E-state index in [1.54, 1.807) is 0 Å². The number of rotatable bonds is 76. The zero-order valence-corrected chi connectivity index (χ0v) is 66.2. The predicted molar refractivity (Wildman–Crippen MR) is 400 cm³/mol. The maximum atomic E-state index is 13.1. The van der Waals surface area contributed by atoms with Crippen LogP contribution in [0, 0.1) is 23.7 Å². The third-order valence-corrected chi connectivity index (χ3v) is 20.2. The van der Waals surface area contributed by atoms with Crippen molar-refractivity contribution in [2.45, 2.75) is 420 Å². The summed E-state index contributed by atoms with van der Waals surface area (Å²) in [5, 5.41) is 10.6. The number of hydrogen-bond acceptors (Lipinski definition) is 15. The fourth-order valence-electron chi connectivity index (χ4n) is 12.1. The summed E-state index contributed by atoms with van der Waals surface area (Å²) >= 11 is 0. The summed E-state index contributed by atoms with van der Waals surface area (Å²) in [4.78, 5) is 72.9. The number of esters is 4. The molecule has 582 valence electrons. The van der Waals surface area contributed by atoms with Crippen LogP contribution in [0.5, 0.6) is 0 Å². The Hall–Kier alpha value is -1.94. The van der Waals surface area contributed by atoms with Gasteiger partial charge in [0.2, 0.25) is 0 Å². The number of unbranched alkanes of at least 4 members (excludes halogenated alkanes) is 42. The van der Waals surface area contributed by atoms with Crippen LogP contribution < -0.4 is 0 Å². The van der Waals surface area contributed by atoms with Crippen molar-refractivity contribution in [3.8, 4) is 0 Å². The Kier molecular flexibility index (Phi) is 66.8. The fourth-order valence-corrected chi connectivity index (χ4v) is 13.7. The molecule has 0 aromatic rings. The highest BCUT2D eigenvalue weighted by Crippen LogP contribution is 2.45. The molecule has 0 aromatic heterocycles. The second-order valence-electron chi connectivity index (χ2n) is 30.4. The van der Waals surface area contributed by atoms with Crippen molar-refractivity contribution in [1.29, 1.82) is 0 Å². The fraction of sp³-hybridized carbons (Fsp3) is 0.949. The lowest BCUT2D eigenvalue weighted by Gasteiger charge is -2.21. The maximum Gasteiger partial charge on any atom is 0.472 e. The first-order valence-electron chi connectivity index (χ1n) is 40.7. The van der Waals surface area contributed by atoms with Gasteiger partial charge in [0.05, 0.1) is 26.4 Å². The van der Waals surface area contributed by atoms with Crippen molar-refractivity contribution >= 4 is 39.5 Å². The summed E-state index contributed by atoms with van der Waals surface area (Å²) in [6.45, 7) is 14.2. The summed E-state index contributed by atoms with van der Waals surface area (Å²) in [5.41, 5.74) is 0. The number of ether oxygens (including phenoxy) is 4. The number of phosphoric ester groups is 2. The van der Waals surface area contributed by atoms with E-state index in [4.69, 9.17) is 37.0 Å². The van der Waals surface area contributed by atoms with Gasteiger partial charge >= 0.3 is 39.5 Å². The van der Waals surface area contributed by atoms with E-state index in [2.05, 4.69) is 55.4 Å². The van der Waals surface area contributed by atoms with Crippen LogP contribution in [0.4, 0.5) is 0 Å². The van der Waals surface area contributed by atoms with Gasteiger partial charge in [-0.3, -0.25) is 37.3 Å². The van der Waals surface area contributed by atoms with Gasteiger partial charge in [0.25, 0.3) is 0 Å². The molecule has 0 aromatic carbocycles. The smallest absolute Gasteiger partial charge is 0.462 e. The Morgan fingerprint density at radius 1 is 0.255 bits per heavy atom. The molecule has 0 aliphatic carbocycles. The van der Waals surface area contributed by atoms with Crippen LogP contribution in [0.2, 0.25) is 0 Å². The average Bonchev–Trinajstić information content (AvgIpc) is 0.948. The largest absolute Gasteiger partial charge is 0.472 e. The van der Waals surface area contributed by atoms with Crippen LogP contribution in [0.25, 0.3) is 0 Å². The first-order chi connectivity index (χ1) is 47.1. The Balaban J connectivity index is 5.23. The Bertz CT molecular complexity index is 1920. The van der Waals surface area contributed by atoms with Crippen LogP contribution in [0.3, 0.4) is 0 Å². The summed E-state index contributed by atoms with van der Waals surface area (Å²) in [7, 11) is -9.92. The second-order valence-corrected chi connectivity index (χ2v) is 33.3. The van der Waals surface area contributed by atoms with E-state index in [1.807, 2.05) is 0 Å². The molecule has 0 radical (unpaired) electrons. The zero-order valence-electron chi connectivity index (χ0n) is 64.4. The normalized spacial score (nSPS) is 14.1. The quantitative estimate of drug-likeness (QED) is 0.0222. The monoisotopic (exact) mass is 1440 g/mol.